The molecule has 5 rings (SSSR count). The lowest BCUT2D eigenvalue weighted by molar-refractivity contribution is -0.127. The number of nitrogens with zero attached hydrogens (tertiary/aromatic N) is 3. The van der Waals surface area contributed by atoms with E-state index in [0.29, 0.717) is 61.7 Å². The number of aromatic nitrogens is 1. The lowest BCUT2D eigenvalue weighted by atomic mass is 9.90. The topological polar surface area (TPSA) is 76.7 Å². The van der Waals surface area contributed by atoms with E-state index in [9.17, 15) is 18.8 Å². The summed E-state index contributed by atoms with van der Waals surface area (Å²) < 4.78 is 14.8. The van der Waals surface area contributed by atoms with Crippen molar-refractivity contribution in [2.75, 3.05) is 39.3 Å². The number of Topliss-reactive ketones (excluding diaryl/α,β-unsaturated/α-hetero) is 1. The third kappa shape index (κ3) is 5.51. The molecule has 2 aliphatic heterocycles. The van der Waals surface area contributed by atoms with Gasteiger partial charge in [0.2, 0.25) is 0 Å². The number of rotatable bonds is 5. The summed E-state index contributed by atoms with van der Waals surface area (Å²) in [7, 11) is 0. The summed E-state index contributed by atoms with van der Waals surface area (Å²) in [6, 6.07) is 9.79. The van der Waals surface area contributed by atoms with Crippen molar-refractivity contribution in [1.29, 1.82) is 0 Å². The summed E-state index contributed by atoms with van der Waals surface area (Å²) in [5, 5.41) is 0.782. The third-order valence-electron chi connectivity index (χ3n) is 7.29. The van der Waals surface area contributed by atoms with E-state index < -0.39 is 11.7 Å². The molecular weight excluding hydrogens is 518 g/mol. The second-order valence-electron chi connectivity index (χ2n) is 9.68. The Morgan fingerprint density at radius 1 is 0.919 bits per heavy atom. The SMILES string of the molecule is O=C(C(=O)N1CCN(Cl)CC1)c1c[nH]c2cc(Cl)c(C(=O)N3CCC(Cc4ccc(F)cc4)CC3)cc12. The van der Waals surface area contributed by atoms with Gasteiger partial charge in [-0.1, -0.05) is 23.7 Å². The van der Waals surface area contributed by atoms with Crippen LogP contribution in [0.25, 0.3) is 10.9 Å². The Bertz CT molecular complexity index is 1330. The Balaban J connectivity index is 1.29. The minimum Gasteiger partial charge on any atom is -0.360 e. The van der Waals surface area contributed by atoms with Crippen molar-refractivity contribution in [3.8, 4) is 0 Å². The zero-order valence-electron chi connectivity index (χ0n) is 20.2. The quantitative estimate of drug-likeness (QED) is 0.290. The fraction of sp³-hybridized carbons (Fsp3) is 0.370. The number of ketones is 1. The Morgan fingerprint density at radius 3 is 2.27 bits per heavy atom. The van der Waals surface area contributed by atoms with Crippen LogP contribution in [0.2, 0.25) is 5.02 Å². The number of carbonyl (C=O) groups excluding carboxylic acids is 3. The van der Waals surface area contributed by atoms with Gasteiger partial charge in [-0.25, -0.2) is 8.81 Å². The number of H-pyrrole nitrogens is 1. The number of halogens is 3. The molecule has 2 fully saturated rings. The summed E-state index contributed by atoms with van der Waals surface area (Å²) >= 11 is 12.4. The number of hydrogen-bond donors (Lipinski definition) is 1. The first-order valence-electron chi connectivity index (χ1n) is 12.4. The average Bonchev–Trinajstić information content (AvgIpc) is 3.31. The first-order chi connectivity index (χ1) is 17.8. The van der Waals surface area contributed by atoms with Gasteiger partial charge in [0.15, 0.2) is 0 Å². The number of likely N-dealkylation sites (tertiary alicyclic amines) is 1. The van der Waals surface area contributed by atoms with Crippen LogP contribution >= 0.6 is 23.4 Å². The minimum atomic E-state index is -0.628. The zero-order chi connectivity index (χ0) is 26.1. The van der Waals surface area contributed by atoms with E-state index >= 15 is 0 Å². The second-order valence-corrected chi connectivity index (χ2v) is 10.6. The molecule has 0 atom stereocenters. The van der Waals surface area contributed by atoms with E-state index in [-0.39, 0.29) is 22.3 Å². The summed E-state index contributed by atoms with van der Waals surface area (Å²) in [5.74, 6) is -1.25. The van der Waals surface area contributed by atoms with Gasteiger partial charge >= 0.3 is 0 Å². The average molecular weight is 545 g/mol. The number of benzene rings is 2. The van der Waals surface area contributed by atoms with Crippen molar-refractivity contribution in [2.45, 2.75) is 19.3 Å². The van der Waals surface area contributed by atoms with Crippen LogP contribution < -0.4 is 0 Å². The number of amides is 2. The highest BCUT2D eigenvalue weighted by Gasteiger charge is 2.30. The zero-order valence-corrected chi connectivity index (χ0v) is 21.7. The van der Waals surface area contributed by atoms with Gasteiger partial charge in [-0.05, 0) is 66.8 Å². The fourth-order valence-electron chi connectivity index (χ4n) is 5.10. The minimum absolute atomic E-state index is 0.198. The molecule has 37 heavy (non-hydrogen) atoms. The molecule has 2 aromatic carbocycles. The van der Waals surface area contributed by atoms with Gasteiger partial charge in [-0.2, -0.15) is 0 Å². The second kappa shape index (κ2) is 10.8. The molecule has 0 saturated carbocycles. The number of nitrogens with one attached hydrogen (secondary N) is 1. The highest BCUT2D eigenvalue weighted by atomic mass is 35.5. The van der Waals surface area contributed by atoms with Crippen LogP contribution in [0.15, 0.2) is 42.6 Å². The number of aromatic amines is 1. The Kier molecular flexibility index (Phi) is 7.51. The van der Waals surface area contributed by atoms with Gasteiger partial charge in [0, 0.05) is 56.4 Å². The maximum absolute atomic E-state index is 13.4. The molecule has 3 aromatic rings. The highest BCUT2D eigenvalue weighted by Crippen LogP contribution is 2.30. The van der Waals surface area contributed by atoms with Crippen LogP contribution in [-0.4, -0.2) is 76.1 Å². The lowest BCUT2D eigenvalue weighted by Crippen LogP contribution is -2.47. The molecule has 10 heteroatoms. The number of hydrogen-bond acceptors (Lipinski definition) is 4. The van der Waals surface area contributed by atoms with E-state index in [4.69, 9.17) is 23.4 Å². The maximum atomic E-state index is 13.4. The van der Waals surface area contributed by atoms with Crippen molar-refractivity contribution in [2.24, 2.45) is 5.92 Å². The molecule has 2 amide bonds. The van der Waals surface area contributed by atoms with E-state index in [0.717, 1.165) is 24.8 Å². The molecule has 0 unspecified atom stereocenters. The number of piperazine rings is 1. The van der Waals surface area contributed by atoms with Gasteiger partial charge in [0.1, 0.15) is 5.82 Å². The van der Waals surface area contributed by atoms with Crippen LogP contribution in [0.1, 0.15) is 39.1 Å². The molecule has 3 heterocycles. The number of carbonyl (C=O) groups is 3. The standard InChI is InChI=1S/C27H27Cl2FN4O3/c28-23-15-24-20(22(16-31-24)25(35)27(37)33-9-11-34(29)12-10-33)14-21(23)26(36)32-7-5-18(6-8-32)13-17-1-3-19(30)4-2-17/h1-4,14-16,18,31H,5-13H2. The van der Waals surface area contributed by atoms with Crippen molar-refractivity contribution in [1.82, 2.24) is 19.2 Å². The van der Waals surface area contributed by atoms with E-state index in [1.54, 1.807) is 33.6 Å². The van der Waals surface area contributed by atoms with E-state index in [1.165, 1.54) is 23.2 Å². The summed E-state index contributed by atoms with van der Waals surface area (Å²) in [6.45, 7) is 2.91. The molecule has 7 nitrogen and oxygen atoms in total. The molecular formula is C27H27Cl2FN4O3. The van der Waals surface area contributed by atoms with Crippen LogP contribution in [-0.2, 0) is 11.2 Å². The van der Waals surface area contributed by atoms with Gasteiger partial charge in [-0.3, -0.25) is 14.4 Å². The maximum Gasteiger partial charge on any atom is 0.295 e. The largest absolute Gasteiger partial charge is 0.360 e. The molecule has 1 aromatic heterocycles. The smallest absolute Gasteiger partial charge is 0.295 e. The van der Waals surface area contributed by atoms with Crippen LogP contribution in [0, 0.1) is 11.7 Å². The Hall–Kier alpha value is -2.94. The summed E-state index contributed by atoms with van der Waals surface area (Å²) in [6.07, 6.45) is 4.01. The molecule has 194 valence electrons. The number of fused-ring (bicyclic) bond motifs is 1. The monoisotopic (exact) mass is 544 g/mol. The normalized spacial score (nSPS) is 17.4. The lowest BCUT2D eigenvalue weighted by Gasteiger charge is -2.32. The van der Waals surface area contributed by atoms with Crippen LogP contribution in [0.3, 0.4) is 0 Å². The van der Waals surface area contributed by atoms with Crippen LogP contribution in [0.5, 0.6) is 0 Å². The van der Waals surface area contributed by atoms with E-state index in [2.05, 4.69) is 4.98 Å². The first-order valence-corrected chi connectivity index (χ1v) is 13.1. The molecule has 2 aliphatic rings. The van der Waals surface area contributed by atoms with Crippen molar-refractivity contribution in [3.05, 3.63) is 70.1 Å². The van der Waals surface area contributed by atoms with Gasteiger partial charge in [-0.15, -0.1) is 0 Å². The molecule has 2 saturated heterocycles. The van der Waals surface area contributed by atoms with Crippen LogP contribution in [0.4, 0.5) is 4.39 Å². The van der Waals surface area contributed by atoms with Crippen molar-refractivity contribution < 1.29 is 18.8 Å². The van der Waals surface area contributed by atoms with Gasteiger partial charge in [0.05, 0.1) is 16.1 Å². The number of piperidine rings is 1. The van der Waals surface area contributed by atoms with Crippen molar-refractivity contribution in [3.63, 3.8) is 0 Å². The van der Waals surface area contributed by atoms with Crippen molar-refractivity contribution >= 4 is 51.9 Å². The molecule has 1 N–H and O–H groups in total. The van der Waals surface area contributed by atoms with Gasteiger partial charge in [0.25, 0.3) is 17.6 Å². The predicted molar refractivity (Wildman–Crippen MR) is 140 cm³/mol. The Morgan fingerprint density at radius 2 is 1.59 bits per heavy atom. The Labute approximate surface area is 224 Å². The molecule has 0 spiro atoms. The predicted octanol–water partition coefficient (Wildman–Crippen LogP) is 4.54. The highest BCUT2D eigenvalue weighted by molar-refractivity contribution is 6.45. The van der Waals surface area contributed by atoms with Gasteiger partial charge < -0.3 is 14.8 Å². The molecule has 0 radical (unpaired) electrons. The molecule has 0 bridgehead atoms. The fourth-order valence-corrected chi connectivity index (χ4v) is 5.50. The summed E-state index contributed by atoms with van der Waals surface area (Å²) in [5.41, 5.74) is 2.20. The first kappa shape index (κ1) is 25.7. The van der Waals surface area contributed by atoms with E-state index in [1.807, 2.05) is 0 Å². The molecule has 0 aliphatic carbocycles. The third-order valence-corrected chi connectivity index (χ3v) is 7.94. The summed E-state index contributed by atoms with van der Waals surface area (Å²) in [4.78, 5) is 45.6.